The summed E-state index contributed by atoms with van der Waals surface area (Å²) in [6.07, 6.45) is 4.04. The Kier molecular flexibility index (Phi) is 5.05. The van der Waals surface area contributed by atoms with Gasteiger partial charge < -0.3 is 10.1 Å². The van der Waals surface area contributed by atoms with Crippen LogP contribution in [-0.4, -0.2) is 19.1 Å². The van der Waals surface area contributed by atoms with Crippen molar-refractivity contribution in [2.45, 2.75) is 51.5 Å². The second kappa shape index (κ2) is 6.78. The van der Waals surface area contributed by atoms with Crippen LogP contribution in [0.25, 0.3) is 0 Å². The van der Waals surface area contributed by atoms with Gasteiger partial charge in [0.05, 0.1) is 13.0 Å². The van der Waals surface area contributed by atoms with E-state index in [4.69, 9.17) is 4.74 Å². The maximum Gasteiger partial charge on any atom is 0.308 e. The first-order valence-corrected chi connectivity index (χ1v) is 7.55. The van der Waals surface area contributed by atoms with Crippen molar-refractivity contribution in [3.8, 4) is 0 Å². The van der Waals surface area contributed by atoms with Gasteiger partial charge in [0.2, 0.25) is 0 Å². The summed E-state index contributed by atoms with van der Waals surface area (Å²) in [6.45, 7) is 4.41. The highest BCUT2D eigenvalue weighted by atomic mass is 16.5. The number of ether oxygens (including phenoxy) is 1. The van der Waals surface area contributed by atoms with Crippen molar-refractivity contribution in [1.82, 2.24) is 0 Å². The number of carbonyl (C=O) groups excluding carboxylic acids is 1. The zero-order valence-corrected chi connectivity index (χ0v) is 12.7. The number of rotatable bonds is 4. The molecule has 3 nitrogen and oxygen atoms in total. The summed E-state index contributed by atoms with van der Waals surface area (Å²) in [5, 5.41) is 3.63. The summed E-state index contributed by atoms with van der Waals surface area (Å²) in [4.78, 5) is 11.7. The lowest BCUT2D eigenvalue weighted by Gasteiger charge is -2.30. The molecule has 0 heterocycles. The maximum atomic E-state index is 11.7. The van der Waals surface area contributed by atoms with Crippen molar-refractivity contribution in [2.24, 2.45) is 5.92 Å². The predicted molar refractivity (Wildman–Crippen MR) is 81.9 cm³/mol. The third kappa shape index (κ3) is 3.53. The lowest BCUT2D eigenvalue weighted by atomic mass is 9.85. The van der Waals surface area contributed by atoms with Crippen molar-refractivity contribution in [3.05, 3.63) is 29.8 Å². The van der Waals surface area contributed by atoms with Gasteiger partial charge in [0.25, 0.3) is 0 Å². The Balaban J connectivity index is 2.04. The van der Waals surface area contributed by atoms with Crippen LogP contribution in [0.1, 0.15) is 51.0 Å². The quantitative estimate of drug-likeness (QED) is 0.845. The molecule has 0 radical (unpaired) electrons. The lowest BCUT2D eigenvalue weighted by molar-refractivity contribution is -0.146. The SMILES string of the molecule is COC(=O)[C@H]1CCC[C@H](Nc2ccccc2C(C)C)C1. The van der Waals surface area contributed by atoms with Gasteiger partial charge in [-0.2, -0.15) is 0 Å². The number of benzene rings is 1. The summed E-state index contributed by atoms with van der Waals surface area (Å²) in [7, 11) is 1.48. The Morgan fingerprint density at radius 3 is 2.75 bits per heavy atom. The van der Waals surface area contributed by atoms with E-state index in [9.17, 15) is 4.79 Å². The first kappa shape index (κ1) is 14.9. The third-order valence-corrected chi connectivity index (χ3v) is 4.15. The van der Waals surface area contributed by atoms with Gasteiger partial charge in [-0.3, -0.25) is 4.79 Å². The standard InChI is InChI=1S/C17H25NO2/c1-12(2)15-9-4-5-10-16(15)18-14-8-6-7-13(11-14)17(19)20-3/h4-5,9-10,12-14,18H,6-8,11H2,1-3H3/t13-,14-/m0/s1. The molecule has 1 saturated carbocycles. The van der Waals surface area contributed by atoms with Crippen LogP contribution in [0.3, 0.4) is 0 Å². The molecular formula is C17H25NO2. The maximum absolute atomic E-state index is 11.7. The van der Waals surface area contributed by atoms with Crippen LogP contribution >= 0.6 is 0 Å². The third-order valence-electron chi connectivity index (χ3n) is 4.15. The topological polar surface area (TPSA) is 38.3 Å². The molecule has 0 saturated heterocycles. The van der Waals surface area contributed by atoms with Crippen LogP contribution in [-0.2, 0) is 9.53 Å². The summed E-state index contributed by atoms with van der Waals surface area (Å²) in [5.74, 6) is 0.491. The Hall–Kier alpha value is -1.51. The van der Waals surface area contributed by atoms with E-state index in [0.29, 0.717) is 12.0 Å². The van der Waals surface area contributed by atoms with Gasteiger partial charge in [0, 0.05) is 11.7 Å². The van der Waals surface area contributed by atoms with Crippen LogP contribution in [0, 0.1) is 5.92 Å². The number of hydrogen-bond donors (Lipinski definition) is 1. The molecule has 20 heavy (non-hydrogen) atoms. The van der Waals surface area contributed by atoms with Gasteiger partial charge in [-0.25, -0.2) is 0 Å². The molecule has 0 aromatic heterocycles. The molecule has 0 aliphatic heterocycles. The first-order valence-electron chi connectivity index (χ1n) is 7.55. The molecule has 2 rings (SSSR count). The number of hydrogen-bond acceptors (Lipinski definition) is 3. The van der Waals surface area contributed by atoms with Gasteiger partial charge in [0.1, 0.15) is 0 Å². The van der Waals surface area contributed by atoms with E-state index in [0.717, 1.165) is 25.7 Å². The van der Waals surface area contributed by atoms with Crippen molar-refractivity contribution in [2.75, 3.05) is 12.4 Å². The number of nitrogens with one attached hydrogen (secondary N) is 1. The van der Waals surface area contributed by atoms with Crippen LogP contribution in [0.4, 0.5) is 5.69 Å². The minimum atomic E-state index is -0.0614. The summed E-state index contributed by atoms with van der Waals surface area (Å²) in [6, 6.07) is 8.82. The van der Waals surface area contributed by atoms with Crippen LogP contribution < -0.4 is 5.32 Å². The molecule has 0 amide bonds. The molecule has 1 fully saturated rings. The van der Waals surface area contributed by atoms with Crippen molar-refractivity contribution < 1.29 is 9.53 Å². The zero-order valence-electron chi connectivity index (χ0n) is 12.7. The lowest BCUT2D eigenvalue weighted by Crippen LogP contribution is -2.31. The van der Waals surface area contributed by atoms with E-state index in [2.05, 4.69) is 43.4 Å². The van der Waals surface area contributed by atoms with Crippen molar-refractivity contribution in [1.29, 1.82) is 0 Å². The Labute approximate surface area is 121 Å². The summed E-state index contributed by atoms with van der Waals surface area (Å²) in [5.41, 5.74) is 2.55. The Morgan fingerprint density at radius 2 is 2.05 bits per heavy atom. The van der Waals surface area contributed by atoms with E-state index < -0.39 is 0 Å². The molecule has 1 aliphatic rings. The molecule has 1 aromatic carbocycles. The molecular weight excluding hydrogens is 250 g/mol. The average Bonchev–Trinajstić information content (AvgIpc) is 2.47. The van der Waals surface area contributed by atoms with Crippen LogP contribution in [0.5, 0.6) is 0 Å². The highest BCUT2D eigenvalue weighted by molar-refractivity contribution is 5.72. The second-order valence-electron chi connectivity index (χ2n) is 5.97. The van der Waals surface area contributed by atoms with Crippen LogP contribution in [0.2, 0.25) is 0 Å². The minimum absolute atomic E-state index is 0.0532. The Bertz CT molecular complexity index is 456. The van der Waals surface area contributed by atoms with E-state index >= 15 is 0 Å². The highest BCUT2D eigenvalue weighted by Gasteiger charge is 2.28. The van der Waals surface area contributed by atoms with Gasteiger partial charge in [-0.1, -0.05) is 38.5 Å². The molecule has 2 atom stereocenters. The summed E-state index contributed by atoms with van der Waals surface area (Å²) < 4.78 is 4.88. The number of anilines is 1. The minimum Gasteiger partial charge on any atom is -0.469 e. The fourth-order valence-electron chi connectivity index (χ4n) is 3.05. The average molecular weight is 275 g/mol. The number of para-hydroxylation sites is 1. The smallest absolute Gasteiger partial charge is 0.308 e. The first-order chi connectivity index (χ1) is 9.61. The van der Waals surface area contributed by atoms with Crippen LogP contribution in [0.15, 0.2) is 24.3 Å². The van der Waals surface area contributed by atoms with Gasteiger partial charge in [-0.05, 0) is 36.8 Å². The normalized spacial score (nSPS) is 22.6. The number of carbonyl (C=O) groups is 1. The van der Waals surface area contributed by atoms with E-state index in [1.54, 1.807) is 0 Å². The van der Waals surface area contributed by atoms with Gasteiger partial charge in [-0.15, -0.1) is 0 Å². The predicted octanol–water partition coefficient (Wildman–Crippen LogP) is 3.95. The van der Waals surface area contributed by atoms with Gasteiger partial charge >= 0.3 is 5.97 Å². The van der Waals surface area contributed by atoms with E-state index in [1.165, 1.54) is 18.4 Å². The van der Waals surface area contributed by atoms with Gasteiger partial charge in [0.15, 0.2) is 0 Å². The molecule has 3 heteroatoms. The Morgan fingerprint density at radius 1 is 1.30 bits per heavy atom. The largest absolute Gasteiger partial charge is 0.469 e. The molecule has 1 N–H and O–H groups in total. The molecule has 0 unspecified atom stereocenters. The number of methoxy groups -OCH3 is 1. The highest BCUT2D eigenvalue weighted by Crippen LogP contribution is 2.30. The monoisotopic (exact) mass is 275 g/mol. The van der Waals surface area contributed by atoms with Crippen molar-refractivity contribution >= 4 is 11.7 Å². The fraction of sp³-hybridized carbons (Fsp3) is 0.588. The number of esters is 1. The van der Waals surface area contributed by atoms with Crippen molar-refractivity contribution in [3.63, 3.8) is 0 Å². The second-order valence-corrected chi connectivity index (χ2v) is 5.97. The molecule has 1 aliphatic carbocycles. The molecule has 0 spiro atoms. The zero-order chi connectivity index (χ0) is 14.5. The fourth-order valence-corrected chi connectivity index (χ4v) is 3.05. The molecule has 0 bridgehead atoms. The van der Waals surface area contributed by atoms with E-state index in [1.807, 2.05) is 0 Å². The van der Waals surface area contributed by atoms with E-state index in [-0.39, 0.29) is 11.9 Å². The molecule has 1 aromatic rings. The molecule has 110 valence electrons. The summed E-state index contributed by atoms with van der Waals surface area (Å²) >= 11 is 0.